The SMILES string of the molecule is CC(CN(c1ccccc1C#N)S(C)(=O)=O)C(=O)O. The van der Waals surface area contributed by atoms with Crippen molar-refractivity contribution >= 4 is 21.7 Å². The molecule has 0 radical (unpaired) electrons. The fourth-order valence-electron chi connectivity index (χ4n) is 1.52. The van der Waals surface area contributed by atoms with E-state index < -0.39 is 21.9 Å². The predicted molar refractivity (Wildman–Crippen MR) is 70.1 cm³/mol. The lowest BCUT2D eigenvalue weighted by Crippen LogP contribution is -2.36. The maximum Gasteiger partial charge on any atom is 0.308 e. The topological polar surface area (TPSA) is 98.5 Å². The number of para-hydroxylation sites is 1. The summed E-state index contributed by atoms with van der Waals surface area (Å²) in [6.45, 7) is 1.20. The van der Waals surface area contributed by atoms with Crippen LogP contribution in [0.5, 0.6) is 0 Å². The van der Waals surface area contributed by atoms with Gasteiger partial charge < -0.3 is 5.11 Å². The Bertz CT molecular complexity index is 619. The van der Waals surface area contributed by atoms with Crippen molar-refractivity contribution in [1.82, 2.24) is 0 Å². The van der Waals surface area contributed by atoms with Gasteiger partial charge in [-0.1, -0.05) is 19.1 Å². The van der Waals surface area contributed by atoms with Crippen LogP contribution in [0.2, 0.25) is 0 Å². The number of sulfonamides is 1. The highest BCUT2D eigenvalue weighted by molar-refractivity contribution is 7.92. The summed E-state index contributed by atoms with van der Waals surface area (Å²) in [6.07, 6.45) is 0.982. The molecule has 6 nitrogen and oxygen atoms in total. The van der Waals surface area contributed by atoms with E-state index in [4.69, 9.17) is 10.4 Å². The van der Waals surface area contributed by atoms with E-state index in [1.54, 1.807) is 12.1 Å². The highest BCUT2D eigenvalue weighted by atomic mass is 32.2. The number of carboxylic acids is 1. The molecular weight excluding hydrogens is 268 g/mol. The first-order valence-corrected chi connectivity index (χ1v) is 7.32. The second-order valence-corrected chi connectivity index (χ2v) is 6.07. The number of hydrogen-bond acceptors (Lipinski definition) is 4. The third-order valence-corrected chi connectivity index (χ3v) is 3.70. The van der Waals surface area contributed by atoms with E-state index in [0.29, 0.717) is 0 Å². The molecule has 1 aromatic rings. The lowest BCUT2D eigenvalue weighted by molar-refractivity contribution is -0.140. The molecule has 0 bridgehead atoms. The lowest BCUT2D eigenvalue weighted by atomic mass is 10.1. The molecule has 0 aliphatic carbocycles. The molecule has 0 amide bonds. The maximum absolute atomic E-state index is 11.8. The van der Waals surface area contributed by atoms with E-state index in [1.165, 1.54) is 19.1 Å². The minimum absolute atomic E-state index is 0.186. The van der Waals surface area contributed by atoms with Gasteiger partial charge in [0.05, 0.1) is 23.4 Å². The second-order valence-electron chi connectivity index (χ2n) is 4.16. The Balaban J connectivity index is 3.27. The number of nitriles is 1. The van der Waals surface area contributed by atoms with Gasteiger partial charge in [0.15, 0.2) is 0 Å². The van der Waals surface area contributed by atoms with E-state index in [-0.39, 0.29) is 17.8 Å². The highest BCUT2D eigenvalue weighted by Gasteiger charge is 2.25. The molecule has 19 heavy (non-hydrogen) atoms. The zero-order chi connectivity index (χ0) is 14.6. The van der Waals surface area contributed by atoms with E-state index >= 15 is 0 Å². The van der Waals surface area contributed by atoms with Crippen LogP contribution in [0.25, 0.3) is 0 Å². The predicted octanol–water partition coefficient (Wildman–Crippen LogP) is 1.04. The average Bonchev–Trinajstić information content (AvgIpc) is 2.34. The molecule has 0 aromatic heterocycles. The Hall–Kier alpha value is -2.07. The molecule has 1 rings (SSSR count). The first kappa shape index (κ1) is 15.0. The zero-order valence-electron chi connectivity index (χ0n) is 10.6. The van der Waals surface area contributed by atoms with Crippen LogP contribution in [0.1, 0.15) is 12.5 Å². The number of carbonyl (C=O) groups is 1. The molecule has 0 aliphatic rings. The summed E-state index contributed by atoms with van der Waals surface area (Å²) in [5.41, 5.74) is 0.381. The third-order valence-electron chi connectivity index (χ3n) is 2.55. The van der Waals surface area contributed by atoms with Crippen molar-refractivity contribution in [2.24, 2.45) is 5.92 Å². The monoisotopic (exact) mass is 282 g/mol. The van der Waals surface area contributed by atoms with Crippen LogP contribution in [-0.2, 0) is 14.8 Å². The normalized spacial score (nSPS) is 12.5. The molecule has 0 heterocycles. The number of carboxylic acid groups (broad SMARTS) is 1. The number of nitrogens with zero attached hydrogens (tertiary/aromatic N) is 2. The summed E-state index contributed by atoms with van der Waals surface area (Å²) in [5.74, 6) is -1.97. The van der Waals surface area contributed by atoms with Crippen LogP contribution >= 0.6 is 0 Å². The highest BCUT2D eigenvalue weighted by Crippen LogP contribution is 2.23. The number of hydrogen-bond donors (Lipinski definition) is 1. The van der Waals surface area contributed by atoms with Crippen molar-refractivity contribution < 1.29 is 18.3 Å². The Morgan fingerprint density at radius 2 is 2.05 bits per heavy atom. The molecule has 1 N–H and O–H groups in total. The largest absolute Gasteiger partial charge is 0.481 e. The van der Waals surface area contributed by atoms with E-state index in [9.17, 15) is 13.2 Å². The van der Waals surface area contributed by atoms with Gasteiger partial charge in [0.25, 0.3) is 0 Å². The standard InChI is InChI=1S/C12H14N2O4S/c1-9(12(15)16)8-14(19(2,17)18)11-6-4-3-5-10(11)7-13/h3-6,9H,8H2,1-2H3,(H,15,16). The zero-order valence-corrected chi connectivity index (χ0v) is 11.4. The average molecular weight is 282 g/mol. The molecule has 1 aromatic carbocycles. The Labute approximate surface area is 111 Å². The Kier molecular flexibility index (Phi) is 4.51. The summed E-state index contributed by atoms with van der Waals surface area (Å²) in [6, 6.07) is 8.07. The van der Waals surface area contributed by atoms with Gasteiger partial charge in [0, 0.05) is 6.54 Å². The summed E-state index contributed by atoms with van der Waals surface area (Å²) < 4.78 is 24.5. The molecule has 102 valence electrons. The van der Waals surface area contributed by atoms with Gasteiger partial charge in [-0.2, -0.15) is 5.26 Å². The van der Waals surface area contributed by atoms with E-state index in [0.717, 1.165) is 10.6 Å². The van der Waals surface area contributed by atoms with Crippen molar-refractivity contribution in [3.8, 4) is 6.07 Å². The smallest absolute Gasteiger partial charge is 0.308 e. The summed E-state index contributed by atoms with van der Waals surface area (Å²) in [5, 5.41) is 17.9. The molecule has 0 saturated heterocycles. The summed E-state index contributed by atoms with van der Waals surface area (Å²) in [7, 11) is -3.66. The quantitative estimate of drug-likeness (QED) is 0.870. The molecule has 0 aliphatic heterocycles. The maximum atomic E-state index is 11.8. The van der Waals surface area contributed by atoms with Gasteiger partial charge >= 0.3 is 5.97 Å². The fourth-order valence-corrected chi connectivity index (χ4v) is 2.54. The minimum Gasteiger partial charge on any atom is -0.481 e. The van der Waals surface area contributed by atoms with Gasteiger partial charge in [-0.3, -0.25) is 9.10 Å². The van der Waals surface area contributed by atoms with Crippen LogP contribution in [0.4, 0.5) is 5.69 Å². The fraction of sp³-hybridized carbons (Fsp3) is 0.333. The van der Waals surface area contributed by atoms with Crippen molar-refractivity contribution in [2.75, 3.05) is 17.1 Å². The molecule has 1 unspecified atom stereocenters. The number of rotatable bonds is 5. The number of benzene rings is 1. The van der Waals surface area contributed by atoms with Gasteiger partial charge in [0.2, 0.25) is 10.0 Å². The Morgan fingerprint density at radius 1 is 1.47 bits per heavy atom. The first-order valence-electron chi connectivity index (χ1n) is 5.47. The van der Waals surface area contributed by atoms with Gasteiger partial charge in [-0.05, 0) is 12.1 Å². The lowest BCUT2D eigenvalue weighted by Gasteiger charge is -2.24. The van der Waals surface area contributed by atoms with Crippen molar-refractivity contribution in [2.45, 2.75) is 6.92 Å². The summed E-state index contributed by atoms with van der Waals surface area (Å²) >= 11 is 0. The molecule has 1 atom stereocenters. The molecule has 0 spiro atoms. The van der Waals surface area contributed by atoms with Gasteiger partial charge in [0.1, 0.15) is 6.07 Å². The Morgan fingerprint density at radius 3 is 2.53 bits per heavy atom. The van der Waals surface area contributed by atoms with Crippen molar-refractivity contribution in [3.05, 3.63) is 29.8 Å². The van der Waals surface area contributed by atoms with Crippen molar-refractivity contribution in [3.63, 3.8) is 0 Å². The second kappa shape index (κ2) is 5.71. The molecule has 7 heteroatoms. The van der Waals surface area contributed by atoms with E-state index in [1.807, 2.05) is 6.07 Å². The number of anilines is 1. The van der Waals surface area contributed by atoms with Gasteiger partial charge in [-0.25, -0.2) is 8.42 Å². The first-order chi connectivity index (χ1) is 8.77. The van der Waals surface area contributed by atoms with Crippen LogP contribution in [0.15, 0.2) is 24.3 Å². The van der Waals surface area contributed by atoms with Crippen molar-refractivity contribution in [1.29, 1.82) is 5.26 Å². The molecule has 0 saturated carbocycles. The molecule has 0 fully saturated rings. The van der Waals surface area contributed by atoms with Crippen LogP contribution in [0.3, 0.4) is 0 Å². The van der Waals surface area contributed by atoms with Crippen LogP contribution in [-0.4, -0.2) is 32.3 Å². The minimum atomic E-state index is -3.66. The number of aliphatic carboxylic acids is 1. The third kappa shape index (κ3) is 3.69. The van der Waals surface area contributed by atoms with Crippen LogP contribution < -0.4 is 4.31 Å². The van der Waals surface area contributed by atoms with Gasteiger partial charge in [-0.15, -0.1) is 0 Å². The molecular formula is C12H14N2O4S. The van der Waals surface area contributed by atoms with Crippen LogP contribution in [0, 0.1) is 17.2 Å². The summed E-state index contributed by atoms with van der Waals surface area (Å²) in [4.78, 5) is 10.9. The van der Waals surface area contributed by atoms with E-state index in [2.05, 4.69) is 0 Å².